The lowest BCUT2D eigenvalue weighted by molar-refractivity contribution is -0.123. The van der Waals surface area contributed by atoms with Gasteiger partial charge >= 0.3 is 5.97 Å². The average molecular weight is 341 g/mol. The second-order valence-electron chi connectivity index (χ2n) is 5.76. The molecule has 1 heterocycles. The van der Waals surface area contributed by atoms with Crippen molar-refractivity contribution in [2.75, 3.05) is 18.5 Å². The van der Waals surface area contributed by atoms with E-state index in [9.17, 15) is 9.59 Å². The highest BCUT2D eigenvalue weighted by Gasteiger charge is 2.20. The molecule has 6 nitrogen and oxygen atoms in total. The molecule has 130 valence electrons. The lowest BCUT2D eigenvalue weighted by Crippen LogP contribution is -2.30. The summed E-state index contributed by atoms with van der Waals surface area (Å²) in [5.41, 5.74) is 2.00. The van der Waals surface area contributed by atoms with E-state index in [0.29, 0.717) is 36.0 Å². The van der Waals surface area contributed by atoms with Gasteiger partial charge in [-0.05, 0) is 38.1 Å². The number of fused-ring (bicyclic) bond motifs is 1. The molecule has 3 rings (SSSR count). The normalized spacial score (nSPS) is 13.7. The van der Waals surface area contributed by atoms with Crippen LogP contribution in [0.2, 0.25) is 0 Å². The minimum Gasteiger partial charge on any atom is -0.486 e. The maximum Gasteiger partial charge on any atom is 0.338 e. The van der Waals surface area contributed by atoms with Crippen LogP contribution in [-0.2, 0) is 9.53 Å². The van der Waals surface area contributed by atoms with Gasteiger partial charge in [0.05, 0.1) is 5.56 Å². The molecule has 1 aliphatic rings. The van der Waals surface area contributed by atoms with Crippen LogP contribution >= 0.6 is 0 Å². The van der Waals surface area contributed by atoms with Crippen molar-refractivity contribution in [2.24, 2.45) is 0 Å². The molecular weight excluding hydrogens is 322 g/mol. The highest BCUT2D eigenvalue weighted by atomic mass is 16.6. The Labute approximate surface area is 145 Å². The van der Waals surface area contributed by atoms with Gasteiger partial charge in [0, 0.05) is 11.8 Å². The summed E-state index contributed by atoms with van der Waals surface area (Å²) in [4.78, 5) is 24.3. The minimum atomic E-state index is -0.929. The molecule has 0 radical (unpaired) electrons. The third kappa shape index (κ3) is 4.09. The molecule has 0 spiro atoms. The fourth-order valence-corrected chi connectivity index (χ4v) is 2.34. The SMILES string of the molecule is Cc1ccc(C(=O)O[C@@H](C)C(=O)Nc2ccc3c(c2)OCCO3)cc1. The van der Waals surface area contributed by atoms with Crippen LogP contribution in [0.5, 0.6) is 11.5 Å². The molecule has 0 unspecified atom stereocenters. The quantitative estimate of drug-likeness (QED) is 0.866. The topological polar surface area (TPSA) is 73.9 Å². The third-order valence-corrected chi connectivity index (χ3v) is 3.75. The molecule has 25 heavy (non-hydrogen) atoms. The zero-order valence-electron chi connectivity index (χ0n) is 14.1. The summed E-state index contributed by atoms with van der Waals surface area (Å²) >= 11 is 0. The van der Waals surface area contributed by atoms with E-state index in [2.05, 4.69) is 5.32 Å². The van der Waals surface area contributed by atoms with Crippen LogP contribution in [0.3, 0.4) is 0 Å². The second kappa shape index (κ2) is 7.25. The Bertz CT molecular complexity index is 785. The fraction of sp³-hybridized carbons (Fsp3) is 0.263. The zero-order chi connectivity index (χ0) is 17.8. The first-order valence-corrected chi connectivity index (χ1v) is 8.01. The van der Waals surface area contributed by atoms with Crippen molar-refractivity contribution in [2.45, 2.75) is 20.0 Å². The van der Waals surface area contributed by atoms with E-state index in [-0.39, 0.29) is 0 Å². The summed E-state index contributed by atoms with van der Waals surface area (Å²) in [5.74, 6) is 0.262. The number of ether oxygens (including phenoxy) is 3. The number of esters is 1. The molecule has 0 aliphatic carbocycles. The Kier molecular flexibility index (Phi) is 4.88. The zero-order valence-corrected chi connectivity index (χ0v) is 14.1. The number of nitrogens with one attached hydrogen (secondary N) is 1. The first kappa shape index (κ1) is 16.8. The third-order valence-electron chi connectivity index (χ3n) is 3.75. The van der Waals surface area contributed by atoms with E-state index < -0.39 is 18.0 Å². The minimum absolute atomic E-state index is 0.407. The number of carbonyl (C=O) groups excluding carboxylic acids is 2. The fourth-order valence-electron chi connectivity index (χ4n) is 2.34. The molecule has 2 aromatic carbocycles. The van der Waals surface area contributed by atoms with Gasteiger partial charge in [0.2, 0.25) is 0 Å². The van der Waals surface area contributed by atoms with Crippen molar-refractivity contribution in [1.82, 2.24) is 0 Å². The van der Waals surface area contributed by atoms with Crippen LogP contribution in [-0.4, -0.2) is 31.2 Å². The van der Waals surface area contributed by atoms with Crippen LogP contribution in [0.15, 0.2) is 42.5 Å². The summed E-state index contributed by atoms with van der Waals surface area (Å²) in [6.45, 7) is 4.43. The molecule has 0 fully saturated rings. The van der Waals surface area contributed by atoms with Crippen molar-refractivity contribution in [1.29, 1.82) is 0 Å². The highest BCUT2D eigenvalue weighted by Crippen LogP contribution is 2.32. The van der Waals surface area contributed by atoms with Gasteiger partial charge in [-0.15, -0.1) is 0 Å². The number of anilines is 1. The van der Waals surface area contributed by atoms with Gasteiger partial charge in [-0.3, -0.25) is 4.79 Å². The molecule has 1 amide bonds. The molecule has 2 aromatic rings. The number of aryl methyl sites for hydroxylation is 1. The Balaban J connectivity index is 1.60. The predicted molar refractivity (Wildman–Crippen MR) is 92.1 cm³/mol. The number of hydrogen-bond acceptors (Lipinski definition) is 5. The number of benzene rings is 2. The van der Waals surface area contributed by atoms with Crippen molar-refractivity contribution >= 4 is 17.6 Å². The van der Waals surface area contributed by atoms with Gasteiger partial charge in [0.1, 0.15) is 13.2 Å². The summed E-state index contributed by atoms with van der Waals surface area (Å²) in [6.07, 6.45) is -0.929. The van der Waals surface area contributed by atoms with Gasteiger partial charge in [-0.25, -0.2) is 4.79 Å². The molecule has 0 bridgehead atoms. The standard InChI is InChI=1S/C19H19NO5/c1-12-3-5-14(6-4-12)19(22)25-13(2)18(21)20-15-7-8-16-17(11-15)24-10-9-23-16/h3-8,11,13H,9-10H2,1-2H3,(H,20,21)/t13-/m0/s1. The van der Waals surface area contributed by atoms with Crippen molar-refractivity contribution in [3.63, 3.8) is 0 Å². The Morgan fingerprint density at radius 1 is 1.04 bits per heavy atom. The number of amides is 1. The molecule has 1 N–H and O–H groups in total. The Hall–Kier alpha value is -3.02. The molecule has 0 saturated carbocycles. The van der Waals surface area contributed by atoms with Crippen LogP contribution in [0, 0.1) is 6.92 Å². The Morgan fingerprint density at radius 3 is 2.44 bits per heavy atom. The van der Waals surface area contributed by atoms with Gasteiger partial charge in [0.15, 0.2) is 17.6 Å². The first-order chi connectivity index (χ1) is 12.0. The van der Waals surface area contributed by atoms with Gasteiger partial charge < -0.3 is 19.5 Å². The lowest BCUT2D eigenvalue weighted by Gasteiger charge is -2.19. The smallest absolute Gasteiger partial charge is 0.338 e. The molecule has 6 heteroatoms. The summed E-state index contributed by atoms with van der Waals surface area (Å²) in [7, 11) is 0. The predicted octanol–water partition coefficient (Wildman–Crippen LogP) is 2.95. The maximum atomic E-state index is 12.2. The molecule has 0 saturated heterocycles. The average Bonchev–Trinajstić information content (AvgIpc) is 2.62. The van der Waals surface area contributed by atoms with Crippen LogP contribution in [0.4, 0.5) is 5.69 Å². The molecule has 0 aromatic heterocycles. The molecule has 1 atom stereocenters. The molecular formula is C19H19NO5. The van der Waals surface area contributed by atoms with Gasteiger partial charge in [0.25, 0.3) is 5.91 Å². The van der Waals surface area contributed by atoms with E-state index in [0.717, 1.165) is 5.56 Å². The van der Waals surface area contributed by atoms with E-state index in [4.69, 9.17) is 14.2 Å². The van der Waals surface area contributed by atoms with E-state index in [1.54, 1.807) is 30.3 Å². The Morgan fingerprint density at radius 2 is 1.72 bits per heavy atom. The second-order valence-corrected chi connectivity index (χ2v) is 5.76. The van der Waals surface area contributed by atoms with Gasteiger partial charge in [-0.1, -0.05) is 17.7 Å². The monoisotopic (exact) mass is 341 g/mol. The van der Waals surface area contributed by atoms with Crippen molar-refractivity contribution in [3.05, 3.63) is 53.6 Å². The summed E-state index contributed by atoms with van der Waals surface area (Å²) in [6, 6.07) is 12.1. The summed E-state index contributed by atoms with van der Waals surface area (Å²) in [5, 5.41) is 2.71. The largest absolute Gasteiger partial charge is 0.486 e. The van der Waals surface area contributed by atoms with E-state index in [1.807, 2.05) is 19.1 Å². The van der Waals surface area contributed by atoms with Gasteiger partial charge in [-0.2, -0.15) is 0 Å². The first-order valence-electron chi connectivity index (χ1n) is 8.01. The van der Waals surface area contributed by atoms with E-state index in [1.165, 1.54) is 6.92 Å². The van der Waals surface area contributed by atoms with Crippen LogP contribution in [0.1, 0.15) is 22.8 Å². The van der Waals surface area contributed by atoms with Crippen molar-refractivity contribution in [3.8, 4) is 11.5 Å². The van der Waals surface area contributed by atoms with Crippen LogP contribution < -0.4 is 14.8 Å². The lowest BCUT2D eigenvalue weighted by atomic mass is 10.1. The van der Waals surface area contributed by atoms with Crippen LogP contribution in [0.25, 0.3) is 0 Å². The number of rotatable bonds is 4. The van der Waals surface area contributed by atoms with E-state index >= 15 is 0 Å². The van der Waals surface area contributed by atoms with Crippen molar-refractivity contribution < 1.29 is 23.8 Å². The number of carbonyl (C=O) groups is 2. The highest BCUT2D eigenvalue weighted by molar-refractivity contribution is 5.97. The summed E-state index contributed by atoms with van der Waals surface area (Å²) < 4.78 is 16.1. The maximum absolute atomic E-state index is 12.2. The molecule has 1 aliphatic heterocycles. The number of hydrogen-bond donors (Lipinski definition) is 1.